The zero-order valence-electron chi connectivity index (χ0n) is 28.8. The molecular formula is C35H47F4N5O3. The molecular weight excluding hydrogens is 614 g/mol. The number of hydrogen-bond acceptors (Lipinski definition) is 8. The van der Waals surface area contributed by atoms with E-state index in [1.54, 1.807) is 26.0 Å². The highest BCUT2D eigenvalue weighted by atomic mass is 19.4. The first-order chi connectivity index (χ1) is 22.4. The van der Waals surface area contributed by atoms with E-state index >= 15 is 0 Å². The predicted molar refractivity (Wildman–Crippen MR) is 178 cm³/mol. The largest absolute Gasteiger partial charge is 0.401 e. The summed E-state index contributed by atoms with van der Waals surface area (Å²) in [7, 11) is 0. The molecule has 1 N–H and O–H groups in total. The maximum absolute atomic E-state index is 14.8. The van der Waals surface area contributed by atoms with Crippen LogP contribution >= 0.6 is 0 Å². The Morgan fingerprint density at radius 3 is 2.13 bits per heavy atom. The van der Waals surface area contributed by atoms with Crippen LogP contribution in [0.3, 0.4) is 0 Å². The van der Waals surface area contributed by atoms with Crippen LogP contribution in [-0.2, 0) is 27.8 Å². The topological polar surface area (TPSA) is 110 Å². The van der Waals surface area contributed by atoms with Crippen LogP contribution in [0.4, 0.5) is 23.5 Å². The first-order valence-corrected chi connectivity index (χ1v) is 16.1. The van der Waals surface area contributed by atoms with Gasteiger partial charge >= 0.3 is 6.18 Å². The van der Waals surface area contributed by atoms with Crippen LogP contribution in [0.2, 0.25) is 0 Å². The third-order valence-electron chi connectivity index (χ3n) is 6.95. The number of benzene rings is 1. The number of nitrogens with zero attached hydrogens (tertiary/aromatic N) is 4. The number of hydrogen-bond donors (Lipinski definition) is 1. The number of carbonyl (C=O) groups is 2. The number of aromatic nitrogens is 3. The fraction of sp³-hybridized carbons (Fsp3) is 0.486. The van der Waals surface area contributed by atoms with Crippen LogP contribution in [0.15, 0.2) is 58.1 Å². The van der Waals surface area contributed by atoms with Crippen LogP contribution in [0.1, 0.15) is 105 Å². The SMILES string of the molecule is C/C=C(\N=C(/C)C(C)=O)Nc1ncc(-c2ccc(CC(=O)CCCc3cc(C4(C(F)(F)F)CC4)on3)c(F)c2)cn1.CC.CC.CC. The summed E-state index contributed by atoms with van der Waals surface area (Å²) in [6.07, 6.45) is 0.944. The number of allylic oxidation sites excluding steroid dienone is 1. The Hall–Kier alpha value is -4.22. The molecule has 12 heteroatoms. The normalized spacial score (nSPS) is 13.6. The molecule has 0 amide bonds. The van der Waals surface area contributed by atoms with E-state index in [2.05, 4.69) is 25.4 Å². The molecule has 1 aliphatic carbocycles. The van der Waals surface area contributed by atoms with E-state index in [1.807, 2.05) is 41.5 Å². The van der Waals surface area contributed by atoms with Crippen LogP contribution in [0.25, 0.3) is 11.1 Å². The highest BCUT2D eigenvalue weighted by Crippen LogP contribution is 2.59. The van der Waals surface area contributed by atoms with Gasteiger partial charge in [0.1, 0.15) is 22.8 Å². The summed E-state index contributed by atoms with van der Waals surface area (Å²) >= 11 is 0. The molecule has 4 rings (SSSR count). The lowest BCUT2D eigenvalue weighted by atomic mass is 10.00. The monoisotopic (exact) mass is 661 g/mol. The number of alkyl halides is 3. The highest BCUT2D eigenvalue weighted by molar-refractivity contribution is 6.38. The summed E-state index contributed by atoms with van der Waals surface area (Å²) < 4.78 is 59.5. The molecule has 258 valence electrons. The van der Waals surface area contributed by atoms with E-state index in [0.29, 0.717) is 34.8 Å². The first-order valence-electron chi connectivity index (χ1n) is 16.1. The van der Waals surface area contributed by atoms with Crippen molar-refractivity contribution in [1.82, 2.24) is 15.1 Å². The van der Waals surface area contributed by atoms with Crippen molar-refractivity contribution in [3.05, 3.63) is 71.4 Å². The summed E-state index contributed by atoms with van der Waals surface area (Å²) in [6, 6.07) is 5.82. The highest BCUT2D eigenvalue weighted by Gasteiger charge is 2.66. The number of nitrogens with one attached hydrogen (secondary N) is 1. The fourth-order valence-corrected chi connectivity index (χ4v) is 4.17. The smallest absolute Gasteiger partial charge is 0.360 e. The van der Waals surface area contributed by atoms with Gasteiger partial charge in [0.25, 0.3) is 0 Å². The van der Waals surface area contributed by atoms with Crippen molar-refractivity contribution in [2.24, 2.45) is 4.99 Å². The van der Waals surface area contributed by atoms with Gasteiger partial charge in [-0.3, -0.25) is 9.59 Å². The number of anilines is 1. The first kappa shape index (κ1) is 40.8. The van der Waals surface area contributed by atoms with Gasteiger partial charge in [-0.05, 0) is 62.8 Å². The average molecular weight is 662 g/mol. The molecule has 8 nitrogen and oxygen atoms in total. The zero-order valence-corrected chi connectivity index (χ0v) is 28.8. The van der Waals surface area contributed by atoms with Crippen LogP contribution in [0.5, 0.6) is 0 Å². The molecule has 1 aliphatic rings. The molecule has 0 atom stereocenters. The quantitative estimate of drug-likeness (QED) is 0.152. The summed E-state index contributed by atoms with van der Waals surface area (Å²) in [4.78, 5) is 36.5. The Morgan fingerprint density at radius 1 is 1.00 bits per heavy atom. The van der Waals surface area contributed by atoms with Crippen LogP contribution < -0.4 is 5.32 Å². The number of carbonyl (C=O) groups excluding carboxylic acids is 2. The predicted octanol–water partition coefficient (Wildman–Crippen LogP) is 9.40. The Morgan fingerprint density at radius 2 is 1.62 bits per heavy atom. The van der Waals surface area contributed by atoms with Gasteiger partial charge in [0.15, 0.2) is 11.5 Å². The van der Waals surface area contributed by atoms with E-state index < -0.39 is 17.4 Å². The molecule has 3 aromatic rings. The molecule has 2 aromatic heterocycles. The summed E-state index contributed by atoms with van der Waals surface area (Å²) in [5.74, 6) is -0.430. The molecule has 1 saturated carbocycles. The molecule has 1 fully saturated rings. The number of aliphatic imine (C=N–C) groups is 1. The average Bonchev–Trinajstić information content (AvgIpc) is 3.77. The number of halogens is 4. The molecule has 2 heterocycles. The maximum atomic E-state index is 14.8. The third kappa shape index (κ3) is 11.5. The van der Waals surface area contributed by atoms with Crippen LogP contribution in [-0.4, -0.2) is 38.6 Å². The van der Waals surface area contributed by atoms with E-state index in [1.165, 1.54) is 37.5 Å². The molecule has 47 heavy (non-hydrogen) atoms. The minimum atomic E-state index is -4.38. The lowest BCUT2D eigenvalue weighted by Gasteiger charge is -2.15. The number of rotatable bonds is 12. The minimum absolute atomic E-state index is 0.0145. The van der Waals surface area contributed by atoms with Gasteiger partial charge in [0.05, 0.1) is 11.4 Å². The number of ketones is 2. The Labute approximate surface area is 275 Å². The molecule has 0 unspecified atom stereocenters. The van der Waals surface area contributed by atoms with Gasteiger partial charge in [0.2, 0.25) is 5.95 Å². The van der Waals surface area contributed by atoms with E-state index in [4.69, 9.17) is 4.52 Å². The zero-order chi connectivity index (χ0) is 35.8. The second-order valence-corrected chi connectivity index (χ2v) is 9.99. The standard InChI is InChI=1S/C29H29F4N5O3.3C2H6/c1-4-26(36-17(2)18(3)39)37-27-34-15-21(16-35-27)19-8-9-20(24(30)13-19)12-23(40)7-5-6-22-14-25(41-38-22)28(10-11-28)29(31,32)33;3*1-2/h4,8-9,13-16H,5-7,10-12H2,1-3H3,(H,34,35,37);3*1-2H3/b26-4+,36-17+;;;. The van der Waals surface area contributed by atoms with Gasteiger partial charge in [-0.25, -0.2) is 19.4 Å². The van der Waals surface area contributed by atoms with Crippen molar-refractivity contribution < 1.29 is 31.7 Å². The minimum Gasteiger partial charge on any atom is -0.360 e. The lowest BCUT2D eigenvalue weighted by Crippen LogP contribution is -2.28. The molecule has 0 saturated heterocycles. The van der Waals surface area contributed by atoms with Gasteiger partial charge in [0, 0.05) is 43.8 Å². The summed E-state index contributed by atoms with van der Waals surface area (Å²) in [6.45, 7) is 16.8. The van der Waals surface area contributed by atoms with Gasteiger partial charge < -0.3 is 9.84 Å². The van der Waals surface area contributed by atoms with Crippen molar-refractivity contribution in [3.63, 3.8) is 0 Å². The van der Waals surface area contributed by atoms with Crippen molar-refractivity contribution in [3.8, 4) is 11.1 Å². The maximum Gasteiger partial charge on any atom is 0.401 e. The Kier molecular flexibility index (Phi) is 16.9. The van der Waals surface area contributed by atoms with Gasteiger partial charge in [-0.2, -0.15) is 13.2 Å². The Balaban J connectivity index is 0.00000174. The lowest BCUT2D eigenvalue weighted by molar-refractivity contribution is -0.165. The van der Waals surface area contributed by atoms with Crippen molar-refractivity contribution in [2.45, 2.75) is 112 Å². The summed E-state index contributed by atoms with van der Waals surface area (Å²) in [5, 5.41) is 6.64. The van der Waals surface area contributed by atoms with E-state index in [-0.39, 0.29) is 60.9 Å². The third-order valence-corrected chi connectivity index (χ3v) is 6.95. The second kappa shape index (κ2) is 19.4. The molecule has 0 aliphatic heterocycles. The molecule has 0 bridgehead atoms. The summed E-state index contributed by atoms with van der Waals surface area (Å²) in [5.41, 5.74) is 0.0849. The van der Waals surface area contributed by atoms with Crippen molar-refractivity contribution >= 4 is 23.2 Å². The van der Waals surface area contributed by atoms with E-state index in [0.717, 1.165) is 0 Å². The second-order valence-electron chi connectivity index (χ2n) is 9.99. The molecule has 0 radical (unpaired) electrons. The number of Topliss-reactive ketones (excluding diaryl/α,β-unsaturated/α-hetero) is 2. The number of aryl methyl sites for hydroxylation is 1. The molecule has 1 aromatic carbocycles. The van der Waals surface area contributed by atoms with Crippen molar-refractivity contribution in [2.75, 3.05) is 5.32 Å². The fourth-order valence-electron chi connectivity index (χ4n) is 4.17. The van der Waals surface area contributed by atoms with Gasteiger partial charge in [-0.15, -0.1) is 0 Å². The Bertz CT molecular complexity index is 1490. The van der Waals surface area contributed by atoms with Crippen molar-refractivity contribution in [1.29, 1.82) is 0 Å². The van der Waals surface area contributed by atoms with E-state index in [9.17, 15) is 27.2 Å². The van der Waals surface area contributed by atoms with Gasteiger partial charge in [-0.1, -0.05) is 58.8 Å². The van der Waals surface area contributed by atoms with Crippen LogP contribution in [0, 0.1) is 5.82 Å². The molecule has 0 spiro atoms.